The van der Waals surface area contributed by atoms with Crippen LogP contribution in [0, 0.1) is 5.92 Å². The molecule has 25 heavy (non-hydrogen) atoms. The number of benzene rings is 1. The number of hydrogen-bond acceptors (Lipinski definition) is 3. The highest BCUT2D eigenvalue weighted by Gasteiger charge is 2.27. The van der Waals surface area contributed by atoms with Gasteiger partial charge in [-0.05, 0) is 30.0 Å². The highest BCUT2D eigenvalue weighted by atomic mass is 16.2. The highest BCUT2D eigenvalue weighted by Crippen LogP contribution is 2.18. The number of nitrogens with zero attached hydrogens (tertiary/aromatic N) is 2. The minimum Gasteiger partial charge on any atom is -0.352 e. The zero-order valence-electron chi connectivity index (χ0n) is 14.2. The van der Waals surface area contributed by atoms with Crippen molar-refractivity contribution < 1.29 is 9.59 Å². The Bertz CT molecular complexity index is 695. The van der Waals surface area contributed by atoms with E-state index in [1.165, 1.54) is 0 Å². The Morgan fingerprint density at radius 1 is 1.04 bits per heavy atom. The van der Waals surface area contributed by atoms with Crippen LogP contribution in [-0.2, 0) is 22.6 Å². The topological polar surface area (TPSA) is 62.3 Å². The summed E-state index contributed by atoms with van der Waals surface area (Å²) in [6.07, 6.45) is 5.34. The zero-order valence-corrected chi connectivity index (χ0v) is 14.2. The second-order valence-electron chi connectivity index (χ2n) is 6.40. The van der Waals surface area contributed by atoms with Crippen molar-refractivity contribution in [1.82, 2.24) is 15.2 Å². The van der Waals surface area contributed by atoms with Gasteiger partial charge in [-0.1, -0.05) is 36.4 Å². The minimum atomic E-state index is -0.0163. The molecule has 1 aliphatic rings. The fourth-order valence-corrected chi connectivity index (χ4v) is 3.11. The summed E-state index contributed by atoms with van der Waals surface area (Å²) in [5.41, 5.74) is 2.02. The molecular weight excluding hydrogens is 314 g/mol. The summed E-state index contributed by atoms with van der Waals surface area (Å²) in [7, 11) is 0. The van der Waals surface area contributed by atoms with E-state index < -0.39 is 0 Å². The molecule has 1 N–H and O–H groups in total. The minimum absolute atomic E-state index is 0.0163. The molecule has 2 heterocycles. The third-order valence-corrected chi connectivity index (χ3v) is 4.61. The molecule has 0 atom stereocenters. The lowest BCUT2D eigenvalue weighted by atomic mass is 9.95. The van der Waals surface area contributed by atoms with Gasteiger partial charge in [0.1, 0.15) is 0 Å². The van der Waals surface area contributed by atoms with Crippen LogP contribution in [0.5, 0.6) is 0 Å². The first-order valence-electron chi connectivity index (χ1n) is 8.70. The molecule has 0 radical (unpaired) electrons. The quantitative estimate of drug-likeness (QED) is 0.910. The number of aromatic nitrogens is 1. The number of nitrogens with one attached hydrogen (secondary N) is 1. The predicted molar refractivity (Wildman–Crippen MR) is 95.5 cm³/mol. The number of carbonyl (C=O) groups is 2. The largest absolute Gasteiger partial charge is 0.352 e. The summed E-state index contributed by atoms with van der Waals surface area (Å²) >= 11 is 0. The zero-order chi connectivity index (χ0) is 17.5. The lowest BCUT2D eigenvalue weighted by Gasteiger charge is -2.31. The van der Waals surface area contributed by atoms with Crippen molar-refractivity contribution in [1.29, 1.82) is 0 Å². The number of piperidine rings is 1. The molecule has 0 aliphatic carbocycles. The third kappa shape index (κ3) is 4.89. The van der Waals surface area contributed by atoms with Crippen LogP contribution in [0.3, 0.4) is 0 Å². The normalized spacial score (nSPS) is 15.0. The Kier molecular flexibility index (Phi) is 5.77. The fraction of sp³-hybridized carbons (Fsp3) is 0.350. The molecule has 5 nitrogen and oxygen atoms in total. The van der Waals surface area contributed by atoms with E-state index in [1.807, 2.05) is 47.4 Å². The van der Waals surface area contributed by atoms with E-state index in [4.69, 9.17) is 0 Å². The maximum Gasteiger partial charge on any atom is 0.226 e. The van der Waals surface area contributed by atoms with Gasteiger partial charge in [-0.2, -0.15) is 0 Å². The summed E-state index contributed by atoms with van der Waals surface area (Å²) in [5.74, 6) is 0.192. The Labute approximate surface area is 148 Å². The number of pyridine rings is 1. The maximum absolute atomic E-state index is 12.4. The second kappa shape index (κ2) is 8.42. The van der Waals surface area contributed by atoms with E-state index in [0.29, 0.717) is 26.1 Å². The van der Waals surface area contributed by atoms with Crippen LogP contribution in [0.4, 0.5) is 0 Å². The van der Waals surface area contributed by atoms with E-state index >= 15 is 0 Å². The molecular formula is C20H23N3O2. The van der Waals surface area contributed by atoms with Crippen molar-refractivity contribution >= 4 is 11.8 Å². The van der Waals surface area contributed by atoms with Crippen molar-refractivity contribution in [3.05, 3.63) is 66.0 Å². The average molecular weight is 337 g/mol. The molecule has 0 spiro atoms. The van der Waals surface area contributed by atoms with Gasteiger partial charge < -0.3 is 10.2 Å². The van der Waals surface area contributed by atoms with Gasteiger partial charge in [0.15, 0.2) is 0 Å². The van der Waals surface area contributed by atoms with E-state index in [-0.39, 0.29) is 17.7 Å². The van der Waals surface area contributed by atoms with Crippen molar-refractivity contribution in [3.8, 4) is 0 Å². The SMILES string of the molecule is O=C(NCc1cccnc1)C1CCN(C(=O)Cc2ccccc2)CC1. The van der Waals surface area contributed by atoms with Gasteiger partial charge >= 0.3 is 0 Å². The molecule has 1 aromatic heterocycles. The molecule has 2 aromatic rings. The molecule has 0 bridgehead atoms. The highest BCUT2D eigenvalue weighted by molar-refractivity contribution is 5.81. The molecule has 130 valence electrons. The van der Waals surface area contributed by atoms with Gasteiger partial charge in [-0.3, -0.25) is 14.6 Å². The van der Waals surface area contributed by atoms with Gasteiger partial charge in [0.25, 0.3) is 0 Å². The molecule has 1 fully saturated rings. The first kappa shape index (κ1) is 17.1. The Hall–Kier alpha value is -2.69. The smallest absolute Gasteiger partial charge is 0.226 e. The number of carbonyl (C=O) groups excluding carboxylic acids is 2. The standard InChI is InChI=1S/C20H23N3O2/c24-19(13-16-5-2-1-3-6-16)23-11-8-18(9-12-23)20(25)22-15-17-7-4-10-21-14-17/h1-7,10,14,18H,8-9,11-13,15H2,(H,22,25). The Morgan fingerprint density at radius 2 is 1.76 bits per heavy atom. The molecule has 1 saturated heterocycles. The van der Waals surface area contributed by atoms with E-state index in [9.17, 15) is 9.59 Å². The number of hydrogen-bond donors (Lipinski definition) is 1. The van der Waals surface area contributed by atoms with Gasteiger partial charge in [0, 0.05) is 37.9 Å². The monoisotopic (exact) mass is 337 g/mol. The van der Waals surface area contributed by atoms with E-state index in [1.54, 1.807) is 12.4 Å². The number of rotatable bonds is 5. The average Bonchev–Trinajstić information content (AvgIpc) is 2.68. The van der Waals surface area contributed by atoms with Crippen LogP contribution in [0.25, 0.3) is 0 Å². The van der Waals surface area contributed by atoms with Crippen molar-refractivity contribution in [2.24, 2.45) is 5.92 Å². The lowest BCUT2D eigenvalue weighted by Crippen LogP contribution is -2.43. The van der Waals surface area contributed by atoms with Crippen molar-refractivity contribution in [2.45, 2.75) is 25.8 Å². The summed E-state index contributed by atoms with van der Waals surface area (Å²) in [5, 5.41) is 2.97. The van der Waals surface area contributed by atoms with Gasteiger partial charge in [-0.15, -0.1) is 0 Å². The van der Waals surface area contributed by atoms with Crippen LogP contribution in [0.1, 0.15) is 24.0 Å². The molecule has 0 saturated carbocycles. The van der Waals surface area contributed by atoms with E-state index in [2.05, 4.69) is 10.3 Å². The van der Waals surface area contributed by atoms with Gasteiger partial charge in [0.05, 0.1) is 6.42 Å². The third-order valence-electron chi connectivity index (χ3n) is 4.61. The second-order valence-corrected chi connectivity index (χ2v) is 6.40. The summed E-state index contributed by atoms with van der Waals surface area (Å²) in [6, 6.07) is 13.6. The molecule has 1 aromatic carbocycles. The maximum atomic E-state index is 12.4. The van der Waals surface area contributed by atoms with Crippen LogP contribution >= 0.6 is 0 Å². The van der Waals surface area contributed by atoms with Crippen LogP contribution in [-0.4, -0.2) is 34.8 Å². The van der Waals surface area contributed by atoms with Gasteiger partial charge in [-0.25, -0.2) is 0 Å². The first-order chi connectivity index (χ1) is 12.2. The number of likely N-dealkylation sites (tertiary alicyclic amines) is 1. The Balaban J connectivity index is 1.43. The summed E-state index contributed by atoms with van der Waals surface area (Å²) in [4.78, 5) is 30.6. The molecule has 3 rings (SSSR count). The lowest BCUT2D eigenvalue weighted by molar-refractivity contribution is -0.135. The van der Waals surface area contributed by atoms with Crippen molar-refractivity contribution in [2.75, 3.05) is 13.1 Å². The fourth-order valence-electron chi connectivity index (χ4n) is 3.11. The first-order valence-corrected chi connectivity index (χ1v) is 8.70. The Morgan fingerprint density at radius 3 is 2.44 bits per heavy atom. The summed E-state index contributed by atoms with van der Waals surface area (Å²) in [6.45, 7) is 1.80. The van der Waals surface area contributed by atoms with Crippen LogP contribution in [0.2, 0.25) is 0 Å². The van der Waals surface area contributed by atoms with Crippen molar-refractivity contribution in [3.63, 3.8) is 0 Å². The van der Waals surface area contributed by atoms with E-state index in [0.717, 1.165) is 24.0 Å². The molecule has 1 aliphatic heterocycles. The van der Waals surface area contributed by atoms with Crippen LogP contribution < -0.4 is 5.32 Å². The number of amides is 2. The summed E-state index contributed by atoms with van der Waals surface area (Å²) < 4.78 is 0. The van der Waals surface area contributed by atoms with Crippen LogP contribution in [0.15, 0.2) is 54.9 Å². The van der Waals surface area contributed by atoms with Gasteiger partial charge in [0.2, 0.25) is 11.8 Å². The predicted octanol–water partition coefficient (Wildman–Crippen LogP) is 2.18. The molecule has 2 amide bonds. The molecule has 5 heteroatoms. The molecule has 0 unspecified atom stereocenters.